The largest absolute Gasteiger partial charge is 0.744 e. The summed E-state index contributed by atoms with van der Waals surface area (Å²) in [6, 6.07) is 91.7. The van der Waals surface area contributed by atoms with Crippen molar-refractivity contribution in [2.75, 3.05) is 38.7 Å². The van der Waals surface area contributed by atoms with Gasteiger partial charge in [0.1, 0.15) is 71.2 Å². The standard InChI is InChI=1S/C26H20N3S2.C16H13N2S2.C15H10N2S2.C10H10N.C8H10O3S.3C7H8O3S.C6H15N/c1-28-14-13-17(19-7-3-5-9-21(19)28)16-25-29(2)22-12-11-18(15-24(22)30-25)26-27-20-8-4-6-10-23(20)31-26;1-10-18(2)13-8-7-11(9-15(13)19-10)16-17-12-5-3-4-6-14(12)20-16;1-9-16-12-7-6-10(8-14(12)18-9)15-17-11-4-2-3-5-13(11)19-15;1-11-8-4-6-9-5-2-3-7-10(9)11;1-7-3-5-8(6-4-7)12(9,10)11-2;3*1-6-2-4-7(5-3-6)11(8,9)10;1-4-7(5-2)6-3/h3-16H,1-2H3;3-9H,1-2H3;2-8H,1H3;2-8H,1H3;3-6H,1-2H3;3*2-5H,1H3,(H,8,9,10);4-6H2,1-3H3/q2*+1;;+1;;;;;/p-3. The number of anilines is 1. The van der Waals surface area contributed by atoms with E-state index in [-0.39, 0.29) is 19.6 Å². The van der Waals surface area contributed by atoms with Crippen LogP contribution in [0, 0.1) is 41.5 Å². The highest BCUT2D eigenvalue weighted by molar-refractivity contribution is 8.04. The number of hydrogen-bond donors (Lipinski definition) is 0. The van der Waals surface area contributed by atoms with Gasteiger partial charge in [-0.2, -0.15) is 13.0 Å². The first-order valence-corrected chi connectivity index (χ1v) is 52.5. The Morgan fingerprint density at radius 2 is 0.789 bits per heavy atom. The third-order valence-corrected chi connectivity index (χ3v) is 31.4. The lowest BCUT2D eigenvalue weighted by Gasteiger charge is -2.14. The van der Waals surface area contributed by atoms with E-state index >= 15 is 0 Å². The van der Waals surface area contributed by atoms with Crippen molar-refractivity contribution in [3.05, 3.63) is 346 Å². The van der Waals surface area contributed by atoms with Crippen molar-refractivity contribution < 1.29 is 65.2 Å². The maximum atomic E-state index is 11.1. The number of nitrogens with zero attached hydrogens (tertiary/aromatic N) is 9. The van der Waals surface area contributed by atoms with Gasteiger partial charge in [0.25, 0.3) is 10.1 Å². The molecule has 31 heteroatoms. The summed E-state index contributed by atoms with van der Waals surface area (Å²) in [5.74, 6) is 0. The topological polar surface area (TPSA) is 285 Å². The molecule has 0 spiro atoms. The molecule has 0 saturated carbocycles. The van der Waals surface area contributed by atoms with E-state index in [1.807, 2.05) is 75.9 Å². The van der Waals surface area contributed by atoms with E-state index in [0.29, 0.717) is 0 Å². The van der Waals surface area contributed by atoms with E-state index in [1.54, 1.807) is 93.9 Å². The first kappa shape index (κ1) is 100. The van der Waals surface area contributed by atoms with Crippen LogP contribution in [-0.4, -0.2) is 106 Å². The summed E-state index contributed by atoms with van der Waals surface area (Å²) in [5, 5.41) is 9.47. The van der Waals surface area contributed by atoms with E-state index in [0.717, 1.165) is 71.5 Å². The third-order valence-electron chi connectivity index (χ3n) is 21.1. The van der Waals surface area contributed by atoms with E-state index in [1.165, 1.54) is 162 Å². The molecule has 0 unspecified atom stereocenters. The summed E-state index contributed by atoms with van der Waals surface area (Å²) >= 11 is 10.6. The van der Waals surface area contributed by atoms with Crippen molar-refractivity contribution in [3.63, 3.8) is 0 Å². The molecule has 8 heterocycles. The number of thioether (sulfide) groups is 1. The minimum atomic E-state index is -4.27. The smallest absolute Gasteiger partial charge is 0.296 e. The number of para-hydroxylation sites is 5. The summed E-state index contributed by atoms with van der Waals surface area (Å²) in [7, 11) is -6.76. The van der Waals surface area contributed by atoms with E-state index < -0.39 is 40.5 Å². The zero-order valence-electron chi connectivity index (χ0n) is 75.6. The molecule has 12 aromatic carbocycles. The molecule has 0 N–H and O–H groups in total. The average Bonchev–Trinajstić information content (AvgIpc) is 1.73. The van der Waals surface area contributed by atoms with Crippen LogP contribution >= 0.6 is 68.4 Å². The quantitative estimate of drug-likeness (QED) is 0.0624. The Morgan fingerprint density at radius 1 is 0.391 bits per heavy atom. The maximum absolute atomic E-state index is 11.1. The Bertz CT molecular complexity index is 7520. The Labute approximate surface area is 801 Å². The number of benzene rings is 12. The molecule has 1 aliphatic rings. The summed E-state index contributed by atoms with van der Waals surface area (Å²) in [4.78, 5) is 24.4. The number of hydrogen-bond acceptors (Lipinski definition) is 24. The number of rotatable bonds is 12. The fourth-order valence-electron chi connectivity index (χ4n) is 13.5. The zero-order valence-corrected chi connectivity index (χ0v) is 83.7. The van der Waals surface area contributed by atoms with Crippen LogP contribution in [0.2, 0.25) is 0 Å². The Balaban J connectivity index is 0.000000140. The van der Waals surface area contributed by atoms with Gasteiger partial charge in [-0.25, -0.2) is 54.3 Å². The van der Waals surface area contributed by atoms with Crippen LogP contribution < -0.4 is 18.6 Å². The first-order valence-electron chi connectivity index (χ1n) is 42.0. The average molecular weight is 1960 g/mol. The lowest BCUT2D eigenvalue weighted by molar-refractivity contribution is -0.646. The molecule has 133 heavy (non-hydrogen) atoms. The van der Waals surface area contributed by atoms with Crippen LogP contribution in [0.15, 0.2) is 333 Å². The predicted molar refractivity (Wildman–Crippen MR) is 543 cm³/mol. The molecule has 0 atom stereocenters. The highest BCUT2D eigenvalue weighted by atomic mass is 32.2. The van der Waals surface area contributed by atoms with Gasteiger partial charge in [0.05, 0.1) is 88.7 Å². The zero-order chi connectivity index (χ0) is 95.5. The van der Waals surface area contributed by atoms with Gasteiger partial charge in [0.15, 0.2) is 12.4 Å². The van der Waals surface area contributed by atoms with Gasteiger partial charge in [-0.3, -0.25) is 4.18 Å². The Kier molecular flexibility index (Phi) is 34.3. The minimum Gasteiger partial charge on any atom is -0.744 e. The molecule has 7 aromatic heterocycles. The van der Waals surface area contributed by atoms with Crippen LogP contribution in [0.4, 0.5) is 5.69 Å². The lowest BCUT2D eigenvalue weighted by Crippen LogP contribution is -2.28. The fraction of sp³-hybridized carbons (Fsp3) is 0.167. The number of aromatic nitrogens is 7. The molecule has 0 radical (unpaired) electrons. The van der Waals surface area contributed by atoms with Gasteiger partial charge in [0, 0.05) is 71.3 Å². The first-order chi connectivity index (χ1) is 63.5. The van der Waals surface area contributed by atoms with Crippen LogP contribution in [0.3, 0.4) is 0 Å². The van der Waals surface area contributed by atoms with Crippen molar-refractivity contribution in [3.8, 4) is 31.7 Å². The summed E-state index contributed by atoms with van der Waals surface area (Å²) in [6.07, 6.45) is 6.49. The number of aryl methyl sites for hydroxylation is 9. The summed E-state index contributed by atoms with van der Waals surface area (Å²) in [6.45, 7) is 21.7. The van der Waals surface area contributed by atoms with Gasteiger partial charge in [0.2, 0.25) is 21.6 Å². The third kappa shape index (κ3) is 26.9. The molecule has 0 fully saturated rings. The van der Waals surface area contributed by atoms with Gasteiger partial charge >= 0.3 is 0 Å². The van der Waals surface area contributed by atoms with Crippen LogP contribution in [0.1, 0.15) is 58.6 Å². The normalized spacial score (nSPS) is 12.0. The Hall–Kier alpha value is -11.6. The monoisotopic (exact) mass is 1960 g/mol. The van der Waals surface area contributed by atoms with Gasteiger partial charge < -0.3 is 23.5 Å². The molecule has 684 valence electrons. The maximum Gasteiger partial charge on any atom is 0.296 e. The second kappa shape index (κ2) is 45.4. The minimum absolute atomic E-state index is 0.178. The number of thiazole rings is 5. The van der Waals surface area contributed by atoms with Gasteiger partial charge in [-0.15, -0.1) is 45.3 Å². The second-order valence-corrected chi connectivity index (χ2v) is 43.0. The van der Waals surface area contributed by atoms with Gasteiger partial charge in [-0.1, -0.05) is 175 Å². The van der Waals surface area contributed by atoms with Crippen LogP contribution in [0.25, 0.3) is 111 Å². The molecule has 0 saturated heterocycles. The van der Waals surface area contributed by atoms with E-state index in [4.69, 9.17) is 15.0 Å². The molecule has 0 amide bonds. The molecule has 21 nitrogen and oxygen atoms in total. The molecule has 19 aromatic rings. The number of fused-ring (bicyclic) bond motifs is 8. The number of pyridine rings is 2. The molecule has 0 bridgehead atoms. The summed E-state index contributed by atoms with van der Waals surface area (Å²) < 4.78 is 133. The molecule has 1 aliphatic heterocycles. The molecular formula is C102H99N9O12S10. The molecule has 20 rings (SSSR count). The SMILES string of the molecule is CCN(CC)CC.CN1/C(=C/c2cc[n+](C)c3ccccc23)Sc2cc(-c3nc4ccccc4s3)ccc21.COS(=O)(=O)c1ccc(C)cc1.C[n+]1cccc2ccccc21.Cc1ccc(S(=O)(=O)[O-])cc1.Cc1ccc(S(=O)(=O)[O-])cc1.Cc1ccc(S(=O)(=O)[O-])cc1.Cc1nc2ccc(-c3nc4ccccc4s3)cc2s1.Cc1sc2cc(-c3nc4ccccc4s3)ccc2[n+]1C. The summed E-state index contributed by atoms with van der Waals surface area (Å²) in [5.41, 5.74) is 17.9. The molecular weight excluding hydrogens is 1860 g/mol. The lowest BCUT2D eigenvalue weighted by atomic mass is 10.1. The van der Waals surface area contributed by atoms with E-state index in [2.05, 4.69) is 283 Å². The van der Waals surface area contributed by atoms with Crippen molar-refractivity contribution in [1.29, 1.82) is 0 Å². The Morgan fingerprint density at radius 3 is 1.24 bits per heavy atom. The van der Waals surface area contributed by atoms with Crippen molar-refractivity contribution in [2.45, 2.75) is 86.8 Å². The van der Waals surface area contributed by atoms with Crippen molar-refractivity contribution >= 4 is 194 Å². The van der Waals surface area contributed by atoms with Crippen molar-refractivity contribution in [2.24, 2.45) is 21.1 Å². The highest BCUT2D eigenvalue weighted by Gasteiger charge is 2.25. The van der Waals surface area contributed by atoms with E-state index in [9.17, 15) is 47.3 Å². The van der Waals surface area contributed by atoms with Crippen LogP contribution in [0.5, 0.6) is 0 Å². The van der Waals surface area contributed by atoms with Crippen LogP contribution in [-0.2, 0) is 65.8 Å². The molecule has 0 aliphatic carbocycles. The second-order valence-electron chi connectivity index (χ2n) is 30.5. The van der Waals surface area contributed by atoms with Crippen molar-refractivity contribution in [1.82, 2.24) is 24.8 Å². The highest BCUT2D eigenvalue weighted by Crippen LogP contribution is 2.48. The van der Waals surface area contributed by atoms with Gasteiger partial charge in [-0.05, 0) is 218 Å². The predicted octanol–water partition coefficient (Wildman–Crippen LogP) is 22.7. The fourth-order valence-corrected chi connectivity index (χ4v) is 21.5.